The molecule has 0 aliphatic rings. The summed E-state index contributed by atoms with van der Waals surface area (Å²) in [5.41, 5.74) is 0. The van der Waals surface area contributed by atoms with E-state index in [1.54, 1.807) is 6.92 Å². The van der Waals surface area contributed by atoms with Crippen LogP contribution in [0, 0.1) is 10.7 Å². The molecule has 1 aromatic heterocycles. The van der Waals surface area contributed by atoms with Gasteiger partial charge in [0.05, 0.1) is 0 Å². The minimum Gasteiger partial charge on any atom is -0.481 e. The van der Waals surface area contributed by atoms with Crippen molar-refractivity contribution in [2.75, 3.05) is 0 Å². The number of aromatic nitrogens is 2. The van der Waals surface area contributed by atoms with E-state index in [0.717, 1.165) is 0 Å². The Hall–Kier alpha value is -1.69. The molecule has 0 saturated carbocycles. The lowest BCUT2D eigenvalue weighted by atomic mass is 10.3. The van der Waals surface area contributed by atoms with E-state index < -0.39 is 6.10 Å². The van der Waals surface area contributed by atoms with Crippen LogP contribution in [0.1, 0.15) is 18.9 Å². The van der Waals surface area contributed by atoms with Gasteiger partial charge in [-0.2, -0.15) is 0 Å². The van der Waals surface area contributed by atoms with Crippen molar-refractivity contribution in [2.45, 2.75) is 13.0 Å². The molecule has 0 aliphatic heterocycles. The number of halogens is 1. The van der Waals surface area contributed by atoms with Crippen molar-refractivity contribution < 1.29 is 13.5 Å². The predicted octanol–water partition coefficient (Wildman–Crippen LogP) is 3.01. The van der Waals surface area contributed by atoms with Gasteiger partial charge in [-0.05, 0) is 43.4 Å². The highest BCUT2D eigenvalue weighted by Gasteiger charge is 2.12. The molecule has 2 rings (SSSR count). The first-order chi connectivity index (χ1) is 7.65. The van der Waals surface area contributed by atoms with Gasteiger partial charge >= 0.3 is 0 Å². The standard InChI is InChI=1S/C10H9FN2O2S/c1-6(9-12-13-10(16)15-9)14-8-4-2-7(11)3-5-8/h2-6H,1H3,(H,13,16)/t6-/m0/s1. The number of nitrogens with zero attached hydrogens (tertiary/aromatic N) is 1. The van der Waals surface area contributed by atoms with Crippen LogP contribution in [-0.2, 0) is 0 Å². The molecule has 1 atom stereocenters. The highest BCUT2D eigenvalue weighted by molar-refractivity contribution is 7.71. The van der Waals surface area contributed by atoms with Crippen molar-refractivity contribution >= 4 is 12.2 Å². The third kappa shape index (κ3) is 2.46. The zero-order valence-corrected chi connectivity index (χ0v) is 9.25. The van der Waals surface area contributed by atoms with Crippen molar-refractivity contribution in [3.05, 3.63) is 40.8 Å². The summed E-state index contributed by atoms with van der Waals surface area (Å²) in [6.07, 6.45) is -0.390. The van der Waals surface area contributed by atoms with Crippen LogP contribution in [0.4, 0.5) is 4.39 Å². The summed E-state index contributed by atoms with van der Waals surface area (Å²) >= 11 is 4.74. The molecule has 1 aromatic carbocycles. The molecule has 4 nitrogen and oxygen atoms in total. The van der Waals surface area contributed by atoms with Crippen LogP contribution in [0.25, 0.3) is 0 Å². The third-order valence-corrected chi connectivity index (χ3v) is 2.10. The molecule has 1 heterocycles. The molecule has 16 heavy (non-hydrogen) atoms. The summed E-state index contributed by atoms with van der Waals surface area (Å²) in [4.78, 5) is 0.199. The fourth-order valence-corrected chi connectivity index (χ4v) is 1.31. The number of rotatable bonds is 3. The highest BCUT2D eigenvalue weighted by Crippen LogP contribution is 2.20. The lowest BCUT2D eigenvalue weighted by Gasteiger charge is -2.10. The Morgan fingerprint density at radius 3 is 2.69 bits per heavy atom. The van der Waals surface area contributed by atoms with E-state index in [9.17, 15) is 4.39 Å². The van der Waals surface area contributed by atoms with E-state index in [0.29, 0.717) is 11.6 Å². The molecule has 0 spiro atoms. The summed E-state index contributed by atoms with van der Waals surface area (Å²) in [5, 5.41) is 6.34. The van der Waals surface area contributed by atoms with Gasteiger partial charge in [-0.15, -0.1) is 5.10 Å². The van der Waals surface area contributed by atoms with Gasteiger partial charge in [-0.3, -0.25) is 0 Å². The van der Waals surface area contributed by atoms with E-state index in [4.69, 9.17) is 21.4 Å². The van der Waals surface area contributed by atoms with Gasteiger partial charge in [0.15, 0.2) is 6.10 Å². The molecular weight excluding hydrogens is 231 g/mol. The average Bonchev–Trinajstić information content (AvgIpc) is 2.68. The molecular formula is C10H9FN2O2S. The Morgan fingerprint density at radius 2 is 2.12 bits per heavy atom. The normalized spacial score (nSPS) is 12.4. The monoisotopic (exact) mass is 240 g/mol. The van der Waals surface area contributed by atoms with Crippen LogP contribution in [0.15, 0.2) is 28.7 Å². The second-order valence-electron chi connectivity index (χ2n) is 3.17. The van der Waals surface area contributed by atoms with Crippen LogP contribution >= 0.6 is 12.2 Å². The Bertz CT molecular complexity index is 520. The fraction of sp³-hybridized carbons (Fsp3) is 0.200. The number of nitrogens with one attached hydrogen (secondary N) is 1. The first-order valence-electron chi connectivity index (χ1n) is 4.63. The van der Waals surface area contributed by atoms with Crippen molar-refractivity contribution in [2.24, 2.45) is 0 Å². The van der Waals surface area contributed by atoms with Gasteiger partial charge in [0, 0.05) is 0 Å². The predicted molar refractivity (Wildman–Crippen MR) is 57.1 cm³/mol. The third-order valence-electron chi connectivity index (χ3n) is 1.93. The molecule has 0 aliphatic carbocycles. The first-order valence-corrected chi connectivity index (χ1v) is 5.03. The van der Waals surface area contributed by atoms with Gasteiger partial charge in [0.25, 0.3) is 10.7 Å². The zero-order chi connectivity index (χ0) is 11.5. The largest absolute Gasteiger partial charge is 0.481 e. The Balaban J connectivity index is 2.10. The van der Waals surface area contributed by atoms with Gasteiger partial charge in [0.2, 0.25) is 0 Å². The second kappa shape index (κ2) is 4.44. The number of benzene rings is 1. The lowest BCUT2D eigenvalue weighted by molar-refractivity contribution is 0.187. The SMILES string of the molecule is C[C@H](Oc1ccc(F)cc1)c1n[nH]c(=S)o1. The highest BCUT2D eigenvalue weighted by atomic mass is 32.1. The number of hydrogen-bond acceptors (Lipinski definition) is 4. The van der Waals surface area contributed by atoms with E-state index in [2.05, 4.69) is 10.2 Å². The molecule has 6 heteroatoms. The van der Waals surface area contributed by atoms with Gasteiger partial charge in [-0.25, -0.2) is 9.49 Å². The Morgan fingerprint density at radius 1 is 1.44 bits per heavy atom. The minimum atomic E-state index is -0.390. The molecule has 2 aromatic rings. The Kier molecular flexibility index (Phi) is 3.00. The van der Waals surface area contributed by atoms with E-state index >= 15 is 0 Å². The average molecular weight is 240 g/mol. The number of H-pyrrole nitrogens is 1. The van der Waals surface area contributed by atoms with E-state index in [1.165, 1.54) is 24.3 Å². The van der Waals surface area contributed by atoms with Gasteiger partial charge < -0.3 is 9.15 Å². The van der Waals surface area contributed by atoms with Crippen molar-refractivity contribution in [1.29, 1.82) is 0 Å². The molecule has 84 valence electrons. The van der Waals surface area contributed by atoms with Crippen molar-refractivity contribution in [3.8, 4) is 5.75 Å². The number of ether oxygens (including phenoxy) is 1. The van der Waals surface area contributed by atoms with Crippen LogP contribution in [0.3, 0.4) is 0 Å². The summed E-state index contributed by atoms with van der Waals surface area (Å²) in [6, 6.07) is 5.71. The smallest absolute Gasteiger partial charge is 0.284 e. The summed E-state index contributed by atoms with van der Waals surface area (Å²) in [5.74, 6) is 0.588. The van der Waals surface area contributed by atoms with Crippen molar-refractivity contribution in [3.63, 3.8) is 0 Å². The summed E-state index contributed by atoms with van der Waals surface area (Å²) < 4.78 is 23.2. The van der Waals surface area contributed by atoms with Crippen LogP contribution < -0.4 is 4.74 Å². The zero-order valence-electron chi connectivity index (χ0n) is 8.44. The van der Waals surface area contributed by atoms with E-state index in [1.807, 2.05) is 0 Å². The fourth-order valence-electron chi connectivity index (χ4n) is 1.18. The van der Waals surface area contributed by atoms with Crippen LogP contribution in [-0.4, -0.2) is 10.2 Å². The minimum absolute atomic E-state index is 0.199. The molecule has 0 fully saturated rings. The number of hydrogen-bond donors (Lipinski definition) is 1. The topological polar surface area (TPSA) is 51.0 Å². The van der Waals surface area contributed by atoms with E-state index in [-0.39, 0.29) is 10.7 Å². The summed E-state index contributed by atoms with van der Waals surface area (Å²) in [7, 11) is 0. The molecule has 1 N–H and O–H groups in total. The van der Waals surface area contributed by atoms with Gasteiger partial charge in [-0.1, -0.05) is 0 Å². The van der Waals surface area contributed by atoms with Crippen LogP contribution in [0.5, 0.6) is 5.75 Å². The molecule has 0 unspecified atom stereocenters. The molecule has 0 saturated heterocycles. The van der Waals surface area contributed by atoms with Gasteiger partial charge in [0.1, 0.15) is 11.6 Å². The number of aromatic amines is 1. The maximum absolute atomic E-state index is 12.6. The maximum atomic E-state index is 12.6. The maximum Gasteiger partial charge on any atom is 0.284 e. The van der Waals surface area contributed by atoms with Crippen LogP contribution in [0.2, 0.25) is 0 Å². The van der Waals surface area contributed by atoms with Crippen molar-refractivity contribution in [1.82, 2.24) is 10.2 Å². The molecule has 0 bridgehead atoms. The molecule has 0 radical (unpaired) electrons. The first kappa shape index (κ1) is 10.8. The summed E-state index contributed by atoms with van der Waals surface area (Å²) in [6.45, 7) is 1.76. The lowest BCUT2D eigenvalue weighted by Crippen LogP contribution is -2.03. The molecule has 0 amide bonds. The second-order valence-corrected chi connectivity index (χ2v) is 3.54. The quantitative estimate of drug-likeness (QED) is 0.838. The Labute approximate surface area is 96.1 Å².